The third-order valence-corrected chi connectivity index (χ3v) is 3.12. The van der Waals surface area contributed by atoms with Gasteiger partial charge in [-0.25, -0.2) is 4.79 Å². The van der Waals surface area contributed by atoms with Gasteiger partial charge < -0.3 is 20.1 Å². The van der Waals surface area contributed by atoms with Gasteiger partial charge in [-0.15, -0.1) is 0 Å². The zero-order chi connectivity index (χ0) is 16.8. The molecule has 0 heterocycles. The third kappa shape index (κ3) is 13.7. The van der Waals surface area contributed by atoms with Gasteiger partial charge in [0.2, 0.25) is 6.41 Å². The van der Waals surface area contributed by atoms with Gasteiger partial charge in [0.05, 0.1) is 12.7 Å². The van der Waals surface area contributed by atoms with E-state index in [-0.39, 0.29) is 12.2 Å². The molecule has 0 bridgehead atoms. The highest BCUT2D eigenvalue weighted by Gasteiger charge is 2.22. The van der Waals surface area contributed by atoms with Gasteiger partial charge in [-0.3, -0.25) is 4.79 Å². The number of ether oxygens (including phenoxy) is 2. The Hall–Kier alpha value is -1.30. The van der Waals surface area contributed by atoms with Crippen LogP contribution in [0.4, 0.5) is 4.79 Å². The summed E-state index contributed by atoms with van der Waals surface area (Å²) in [7, 11) is 0. The summed E-state index contributed by atoms with van der Waals surface area (Å²) in [5.74, 6) is 0. The summed E-state index contributed by atoms with van der Waals surface area (Å²) in [6, 6.07) is 0. The van der Waals surface area contributed by atoms with Crippen LogP contribution in [-0.2, 0) is 14.3 Å². The number of carbonyl (C=O) groups is 2. The molecule has 2 N–H and O–H groups in total. The Labute approximate surface area is 134 Å². The summed E-state index contributed by atoms with van der Waals surface area (Å²) in [6.45, 7) is 9.63. The molecule has 0 saturated heterocycles. The van der Waals surface area contributed by atoms with Crippen LogP contribution in [-0.4, -0.2) is 43.9 Å². The number of amides is 2. The van der Waals surface area contributed by atoms with Crippen molar-refractivity contribution in [3.63, 3.8) is 0 Å². The fourth-order valence-electron chi connectivity index (χ4n) is 1.83. The molecular formula is C16H32N2O4. The highest BCUT2D eigenvalue weighted by atomic mass is 16.6. The van der Waals surface area contributed by atoms with Crippen LogP contribution in [0.15, 0.2) is 0 Å². The second-order valence-corrected chi connectivity index (χ2v) is 6.23. The quantitative estimate of drug-likeness (QED) is 0.404. The van der Waals surface area contributed by atoms with Crippen LogP contribution in [0, 0.1) is 0 Å². The van der Waals surface area contributed by atoms with Gasteiger partial charge in [0.25, 0.3) is 0 Å². The van der Waals surface area contributed by atoms with Gasteiger partial charge in [-0.05, 0) is 40.5 Å². The van der Waals surface area contributed by atoms with Crippen molar-refractivity contribution in [3.05, 3.63) is 0 Å². The zero-order valence-electron chi connectivity index (χ0n) is 14.4. The molecule has 0 saturated carbocycles. The summed E-state index contributed by atoms with van der Waals surface area (Å²) in [5.41, 5.74) is -0.528. The minimum absolute atomic E-state index is 0.186. The standard InChI is InChI=1S/C16H32N2O4/c1-14(2)21-12-9-16(3,4)22-15(20)18-11-8-6-5-7-10-17-13-19/h13-14H,5-12H2,1-4H3,(H,17,19)(H,18,20). The molecule has 0 spiro atoms. The number of rotatable bonds is 13. The Morgan fingerprint density at radius 3 is 2.36 bits per heavy atom. The topological polar surface area (TPSA) is 76.7 Å². The number of alkyl carbamates (subject to hydrolysis) is 1. The van der Waals surface area contributed by atoms with Crippen LogP contribution >= 0.6 is 0 Å². The highest BCUT2D eigenvalue weighted by molar-refractivity contribution is 5.67. The van der Waals surface area contributed by atoms with E-state index in [0.717, 1.165) is 25.7 Å². The van der Waals surface area contributed by atoms with Crippen molar-refractivity contribution in [2.75, 3.05) is 19.7 Å². The molecule has 0 unspecified atom stereocenters. The van der Waals surface area contributed by atoms with E-state index in [4.69, 9.17) is 9.47 Å². The SMILES string of the molecule is CC(C)OCCC(C)(C)OC(=O)NCCCCCCNC=O. The molecule has 0 rings (SSSR count). The van der Waals surface area contributed by atoms with E-state index in [9.17, 15) is 9.59 Å². The number of unbranched alkanes of at least 4 members (excludes halogenated alkanes) is 3. The molecule has 0 aromatic heterocycles. The minimum atomic E-state index is -0.528. The van der Waals surface area contributed by atoms with E-state index >= 15 is 0 Å². The Morgan fingerprint density at radius 2 is 1.77 bits per heavy atom. The summed E-state index contributed by atoms with van der Waals surface area (Å²) in [5, 5.41) is 5.39. The molecule has 130 valence electrons. The fraction of sp³-hybridized carbons (Fsp3) is 0.875. The van der Waals surface area contributed by atoms with Crippen molar-refractivity contribution in [2.24, 2.45) is 0 Å². The molecule has 6 heteroatoms. The van der Waals surface area contributed by atoms with Gasteiger partial charge in [-0.1, -0.05) is 12.8 Å². The third-order valence-electron chi connectivity index (χ3n) is 3.12. The Bertz CT molecular complexity index is 307. The number of hydrogen-bond acceptors (Lipinski definition) is 4. The molecule has 0 aromatic carbocycles. The maximum absolute atomic E-state index is 11.7. The van der Waals surface area contributed by atoms with Crippen molar-refractivity contribution in [3.8, 4) is 0 Å². The Balaban J connectivity index is 3.60. The first-order chi connectivity index (χ1) is 10.4. The highest BCUT2D eigenvalue weighted by Crippen LogP contribution is 2.15. The number of nitrogens with one attached hydrogen (secondary N) is 2. The maximum Gasteiger partial charge on any atom is 0.407 e. The smallest absolute Gasteiger partial charge is 0.407 e. The molecule has 2 amide bonds. The van der Waals surface area contributed by atoms with Crippen molar-refractivity contribution < 1.29 is 19.1 Å². The predicted octanol–water partition coefficient (Wildman–Crippen LogP) is 2.61. The van der Waals surface area contributed by atoms with Gasteiger partial charge >= 0.3 is 6.09 Å². The van der Waals surface area contributed by atoms with Crippen LogP contribution < -0.4 is 10.6 Å². The van der Waals surface area contributed by atoms with Crippen molar-refractivity contribution in [2.45, 2.75) is 71.5 Å². The molecule has 22 heavy (non-hydrogen) atoms. The fourth-order valence-corrected chi connectivity index (χ4v) is 1.83. The van der Waals surface area contributed by atoms with Crippen molar-refractivity contribution in [1.82, 2.24) is 10.6 Å². The van der Waals surface area contributed by atoms with E-state index < -0.39 is 5.60 Å². The van der Waals surface area contributed by atoms with Gasteiger partial charge in [-0.2, -0.15) is 0 Å². The lowest BCUT2D eigenvalue weighted by Crippen LogP contribution is -2.36. The number of carbonyl (C=O) groups excluding carboxylic acids is 2. The maximum atomic E-state index is 11.7. The summed E-state index contributed by atoms with van der Waals surface area (Å²) in [4.78, 5) is 21.8. The first-order valence-electron chi connectivity index (χ1n) is 8.13. The molecule has 0 aliphatic heterocycles. The summed E-state index contributed by atoms with van der Waals surface area (Å²) in [6.07, 6.45) is 5.12. The summed E-state index contributed by atoms with van der Waals surface area (Å²) < 4.78 is 10.9. The van der Waals surface area contributed by atoms with Crippen molar-refractivity contribution >= 4 is 12.5 Å². The van der Waals surface area contributed by atoms with E-state index in [1.165, 1.54) is 0 Å². The first-order valence-corrected chi connectivity index (χ1v) is 8.13. The van der Waals surface area contributed by atoms with Crippen LogP contribution in [0.1, 0.15) is 59.8 Å². The summed E-state index contributed by atoms with van der Waals surface area (Å²) >= 11 is 0. The lowest BCUT2D eigenvalue weighted by atomic mass is 10.1. The lowest BCUT2D eigenvalue weighted by molar-refractivity contribution is -0.109. The number of hydrogen-bond donors (Lipinski definition) is 2. The Morgan fingerprint density at radius 1 is 1.14 bits per heavy atom. The van der Waals surface area contributed by atoms with Crippen LogP contribution in [0.5, 0.6) is 0 Å². The van der Waals surface area contributed by atoms with Crippen molar-refractivity contribution in [1.29, 1.82) is 0 Å². The second-order valence-electron chi connectivity index (χ2n) is 6.23. The van der Waals surface area contributed by atoms with E-state index in [2.05, 4.69) is 10.6 Å². The monoisotopic (exact) mass is 316 g/mol. The predicted molar refractivity (Wildman–Crippen MR) is 86.8 cm³/mol. The van der Waals surface area contributed by atoms with Crippen LogP contribution in [0.2, 0.25) is 0 Å². The van der Waals surface area contributed by atoms with E-state index in [1.54, 1.807) is 0 Å². The molecule has 0 fully saturated rings. The average Bonchev–Trinajstić information content (AvgIpc) is 2.40. The molecule has 0 radical (unpaired) electrons. The lowest BCUT2D eigenvalue weighted by Gasteiger charge is -2.25. The average molecular weight is 316 g/mol. The molecule has 0 aliphatic rings. The molecule has 0 aromatic rings. The molecule has 0 atom stereocenters. The zero-order valence-corrected chi connectivity index (χ0v) is 14.4. The van der Waals surface area contributed by atoms with Crippen LogP contribution in [0.25, 0.3) is 0 Å². The minimum Gasteiger partial charge on any atom is -0.443 e. The van der Waals surface area contributed by atoms with Gasteiger partial charge in [0.15, 0.2) is 0 Å². The van der Waals surface area contributed by atoms with Gasteiger partial charge in [0.1, 0.15) is 5.60 Å². The van der Waals surface area contributed by atoms with E-state index in [0.29, 0.717) is 32.5 Å². The van der Waals surface area contributed by atoms with E-state index in [1.807, 2.05) is 27.7 Å². The first kappa shape index (κ1) is 20.7. The molecule has 6 nitrogen and oxygen atoms in total. The molecule has 0 aliphatic carbocycles. The van der Waals surface area contributed by atoms with Crippen LogP contribution in [0.3, 0.4) is 0 Å². The second kappa shape index (κ2) is 12.3. The van der Waals surface area contributed by atoms with Gasteiger partial charge in [0, 0.05) is 19.5 Å². The normalized spacial score (nSPS) is 11.3. The molecular weight excluding hydrogens is 284 g/mol. The Kier molecular flexibility index (Phi) is 11.5. The largest absolute Gasteiger partial charge is 0.443 e.